The van der Waals surface area contributed by atoms with E-state index >= 15 is 0 Å². The fraction of sp³-hybridized carbons (Fsp3) is 0.385. The first-order valence-corrected chi connectivity index (χ1v) is 7.49. The van der Waals surface area contributed by atoms with Crippen molar-refractivity contribution >= 4 is 13.7 Å². The zero-order valence-electron chi connectivity index (χ0n) is 10.2. The first kappa shape index (κ1) is 14.2. The van der Waals surface area contributed by atoms with E-state index in [0.717, 1.165) is 18.4 Å². The first-order chi connectivity index (χ1) is 7.98. The Bertz CT molecular complexity index is 446. The van der Waals surface area contributed by atoms with Gasteiger partial charge in [-0.1, -0.05) is 51.8 Å². The van der Waals surface area contributed by atoms with Crippen molar-refractivity contribution < 1.29 is 14.4 Å². The van der Waals surface area contributed by atoms with Gasteiger partial charge in [0.25, 0.3) is 0 Å². The van der Waals surface area contributed by atoms with Crippen molar-refractivity contribution in [3.8, 4) is 0 Å². The van der Waals surface area contributed by atoms with Crippen LogP contribution in [0.2, 0.25) is 0 Å². The lowest BCUT2D eigenvalue weighted by atomic mass is 9.97. The van der Waals surface area contributed by atoms with Crippen LogP contribution in [0.4, 0.5) is 0 Å². The summed E-state index contributed by atoms with van der Waals surface area (Å²) in [5, 5.41) is 0. The second kappa shape index (κ2) is 6.15. The van der Waals surface area contributed by atoms with Crippen LogP contribution < -0.4 is 9.79 Å². The van der Waals surface area contributed by atoms with Crippen molar-refractivity contribution in [1.29, 1.82) is 0 Å². The monoisotopic (exact) mass is 252 g/mol. The molecule has 0 radical (unpaired) electrons. The molecule has 0 fully saturated rings. The third kappa shape index (κ3) is 4.47. The van der Waals surface area contributed by atoms with Gasteiger partial charge >= 0.3 is 0 Å². The van der Waals surface area contributed by atoms with Crippen LogP contribution in [0.5, 0.6) is 0 Å². The average molecular weight is 252 g/mol. The van der Waals surface area contributed by atoms with Crippen molar-refractivity contribution in [2.75, 3.05) is 6.16 Å². The zero-order valence-corrected chi connectivity index (χ0v) is 11.1. The zero-order chi connectivity index (χ0) is 12.9. The maximum atomic E-state index is 10.5. The Morgan fingerprint density at radius 2 is 1.94 bits per heavy atom. The molecule has 4 heteroatoms. The molecule has 0 unspecified atom stereocenters. The molecule has 0 N–H and O–H groups in total. The smallest absolute Gasteiger partial charge is 0.00661 e. The molecule has 0 aromatic heterocycles. The Morgan fingerprint density at radius 3 is 2.47 bits per heavy atom. The summed E-state index contributed by atoms with van der Waals surface area (Å²) in [6.45, 7) is 4.16. The van der Waals surface area contributed by atoms with Gasteiger partial charge in [0.1, 0.15) is 0 Å². The van der Waals surface area contributed by atoms with E-state index in [1.165, 1.54) is 17.2 Å². The lowest BCUT2D eigenvalue weighted by Crippen LogP contribution is -2.15. The molecule has 0 atom stereocenters. The molecule has 1 aromatic carbocycles. The van der Waals surface area contributed by atoms with E-state index in [1.807, 2.05) is 12.1 Å². The predicted molar refractivity (Wildman–Crippen MR) is 66.7 cm³/mol. The van der Waals surface area contributed by atoms with Crippen LogP contribution in [-0.2, 0) is 17.4 Å². The predicted octanol–water partition coefficient (Wildman–Crippen LogP) is 1.74. The third-order valence-electron chi connectivity index (χ3n) is 2.67. The molecule has 0 heterocycles. The minimum Gasteiger partial charge on any atom is -0.811 e. The van der Waals surface area contributed by atoms with Crippen molar-refractivity contribution in [3.63, 3.8) is 0 Å². The molecule has 3 nitrogen and oxygen atoms in total. The highest BCUT2D eigenvalue weighted by Crippen LogP contribution is 2.24. The number of benzene rings is 1. The molecule has 0 spiro atoms. The number of rotatable bonds is 5. The Labute approximate surface area is 102 Å². The van der Waals surface area contributed by atoms with Gasteiger partial charge in [0, 0.05) is 0 Å². The number of hydrogen-bond donors (Lipinski definition) is 0. The van der Waals surface area contributed by atoms with E-state index in [1.54, 1.807) is 6.08 Å². The SMILES string of the molecule is CCc1cccc(/C=C/CP(=O)([O-])[O-])c1CC. The van der Waals surface area contributed by atoms with Crippen LogP contribution in [0.15, 0.2) is 24.3 Å². The van der Waals surface area contributed by atoms with E-state index in [-0.39, 0.29) is 0 Å². The summed E-state index contributed by atoms with van der Waals surface area (Å²) in [7, 11) is -4.43. The highest BCUT2D eigenvalue weighted by atomic mass is 31.2. The number of aryl methyl sites for hydroxylation is 1. The number of allylic oxidation sites excluding steroid dienone is 1. The molecule has 94 valence electrons. The molecule has 1 aromatic rings. The lowest BCUT2D eigenvalue weighted by Gasteiger charge is -2.27. The molecule has 17 heavy (non-hydrogen) atoms. The van der Waals surface area contributed by atoms with Crippen LogP contribution in [0.25, 0.3) is 6.08 Å². The molecule has 1 rings (SSSR count). The average Bonchev–Trinajstić information content (AvgIpc) is 2.27. The minimum absolute atomic E-state index is 0.424. The van der Waals surface area contributed by atoms with Crippen molar-refractivity contribution in [1.82, 2.24) is 0 Å². The second-order valence-corrected chi connectivity index (χ2v) is 5.47. The number of hydrogen-bond acceptors (Lipinski definition) is 3. The fourth-order valence-electron chi connectivity index (χ4n) is 1.88. The molecule has 0 saturated carbocycles. The standard InChI is InChI=1S/C13H19O3P/c1-3-11-7-5-8-12(13(11)4-2)9-6-10-17(14,15)16/h5-9H,3-4,10H2,1-2H3,(H2,14,15,16)/p-2/b9-6+. The van der Waals surface area contributed by atoms with Gasteiger partial charge in [0.05, 0.1) is 0 Å². The van der Waals surface area contributed by atoms with E-state index in [2.05, 4.69) is 19.9 Å². The molecule has 0 bridgehead atoms. The van der Waals surface area contributed by atoms with Gasteiger partial charge in [-0.05, 0) is 35.7 Å². The highest BCUT2D eigenvalue weighted by Gasteiger charge is 2.02. The van der Waals surface area contributed by atoms with E-state index < -0.39 is 13.8 Å². The Morgan fingerprint density at radius 1 is 1.24 bits per heavy atom. The lowest BCUT2D eigenvalue weighted by molar-refractivity contribution is -0.312. The maximum Gasteiger partial charge on any atom is -0.00661 e. The second-order valence-electron chi connectivity index (χ2n) is 3.89. The topological polar surface area (TPSA) is 63.2 Å². The summed E-state index contributed by atoms with van der Waals surface area (Å²) in [4.78, 5) is 21.0. The van der Waals surface area contributed by atoms with Gasteiger partial charge in [-0.2, -0.15) is 0 Å². The highest BCUT2D eigenvalue weighted by molar-refractivity contribution is 7.49. The van der Waals surface area contributed by atoms with Gasteiger partial charge in [-0.3, -0.25) is 0 Å². The summed E-state index contributed by atoms with van der Waals surface area (Å²) in [6, 6.07) is 5.96. The summed E-state index contributed by atoms with van der Waals surface area (Å²) >= 11 is 0. The van der Waals surface area contributed by atoms with E-state index in [9.17, 15) is 14.4 Å². The largest absolute Gasteiger partial charge is 0.811 e. The Hall–Kier alpha value is -0.890. The van der Waals surface area contributed by atoms with Gasteiger partial charge in [-0.15, -0.1) is 0 Å². The molecule has 0 aliphatic carbocycles. The van der Waals surface area contributed by atoms with Crippen LogP contribution in [0.3, 0.4) is 0 Å². The first-order valence-electron chi connectivity index (χ1n) is 5.76. The molecular weight excluding hydrogens is 235 g/mol. The Balaban J connectivity index is 2.94. The fourth-order valence-corrected chi connectivity index (χ4v) is 2.25. The van der Waals surface area contributed by atoms with Crippen molar-refractivity contribution in [3.05, 3.63) is 41.0 Å². The van der Waals surface area contributed by atoms with E-state index in [4.69, 9.17) is 0 Å². The van der Waals surface area contributed by atoms with Gasteiger partial charge in [0.15, 0.2) is 0 Å². The Kier molecular flexibility index (Phi) is 5.13. The van der Waals surface area contributed by atoms with Gasteiger partial charge in [0.2, 0.25) is 0 Å². The summed E-state index contributed by atoms with van der Waals surface area (Å²) < 4.78 is 10.5. The van der Waals surface area contributed by atoms with Gasteiger partial charge < -0.3 is 14.4 Å². The molecule has 0 saturated heterocycles. The third-order valence-corrected chi connectivity index (χ3v) is 3.33. The van der Waals surface area contributed by atoms with Crippen molar-refractivity contribution in [2.24, 2.45) is 0 Å². The van der Waals surface area contributed by atoms with Crippen LogP contribution in [-0.4, -0.2) is 6.16 Å². The summed E-state index contributed by atoms with van der Waals surface area (Å²) in [6.07, 6.45) is 4.57. The normalized spacial score (nSPS) is 12.2. The summed E-state index contributed by atoms with van der Waals surface area (Å²) in [5.74, 6) is 0. The van der Waals surface area contributed by atoms with Crippen LogP contribution in [0, 0.1) is 0 Å². The molecule has 0 aliphatic heterocycles. The van der Waals surface area contributed by atoms with E-state index in [0.29, 0.717) is 0 Å². The van der Waals surface area contributed by atoms with Crippen molar-refractivity contribution in [2.45, 2.75) is 26.7 Å². The van der Waals surface area contributed by atoms with Crippen LogP contribution in [0.1, 0.15) is 30.5 Å². The summed E-state index contributed by atoms with van der Waals surface area (Å²) in [5.41, 5.74) is 3.49. The maximum absolute atomic E-state index is 10.5. The van der Waals surface area contributed by atoms with Gasteiger partial charge in [-0.25, -0.2) is 0 Å². The quantitative estimate of drug-likeness (QED) is 0.750. The molecule has 0 aliphatic rings. The van der Waals surface area contributed by atoms with Crippen LogP contribution >= 0.6 is 7.60 Å². The molecule has 0 amide bonds. The molecular formula is C13H17O3P-2. The minimum atomic E-state index is -4.43.